The molecule has 10 aromatic rings. The van der Waals surface area contributed by atoms with Crippen LogP contribution in [0, 0.1) is 0 Å². The predicted molar refractivity (Wildman–Crippen MR) is 308 cm³/mol. The van der Waals surface area contributed by atoms with Crippen LogP contribution in [0.4, 0.5) is 0 Å². The van der Waals surface area contributed by atoms with Gasteiger partial charge in [0.25, 0.3) is 0 Å². The lowest BCUT2D eigenvalue weighted by Crippen LogP contribution is -2.17. The van der Waals surface area contributed by atoms with E-state index < -0.39 is 0 Å². The minimum atomic E-state index is -0.335. The molecule has 6 aromatic carbocycles. The Kier molecular flexibility index (Phi) is 12.6. The van der Waals surface area contributed by atoms with Gasteiger partial charge in [-0.05, 0) is 134 Å². The maximum Gasteiger partial charge on any atom is 0.149 e. The standard InChI is InChI=1S/C67H71N5O/c1-39(2)46-25-21-26-47(40(3)4)63(46)72-60-31-22-27-50(62(60)70-65(72)53-35-44(66(9,10)11)36-54(64(53)73)67(12,13)14)56-33-43(34-57(69-56)55-28-19-20-32-68-55)61-51(41(5)6)37-45(38-52(61)42(7)8)71-58-29-17-15-23-48(58)49-24-16-18-30-59(49)71/h15-42,73H,1-14H3. The molecular weight excluding hydrogens is 891 g/mol. The molecule has 0 aliphatic rings. The number of para-hydroxylation sites is 4. The second-order valence-electron chi connectivity index (χ2n) is 23.5. The third-order valence-corrected chi connectivity index (χ3v) is 14.9. The first-order valence-corrected chi connectivity index (χ1v) is 26.4. The smallest absolute Gasteiger partial charge is 0.149 e. The number of hydrogen-bond acceptors (Lipinski definition) is 4. The molecule has 6 nitrogen and oxygen atoms in total. The normalized spacial score (nSPS) is 12.5. The first kappa shape index (κ1) is 49.3. The van der Waals surface area contributed by atoms with E-state index in [0.29, 0.717) is 5.82 Å². The first-order valence-electron chi connectivity index (χ1n) is 26.4. The van der Waals surface area contributed by atoms with Gasteiger partial charge >= 0.3 is 0 Å². The van der Waals surface area contributed by atoms with Crippen LogP contribution >= 0.6 is 0 Å². The summed E-state index contributed by atoms with van der Waals surface area (Å²) < 4.78 is 4.79. The number of aromatic hydroxyl groups is 1. The van der Waals surface area contributed by atoms with Gasteiger partial charge in [0.05, 0.1) is 50.4 Å². The van der Waals surface area contributed by atoms with Crippen LogP contribution in [0.15, 0.2) is 146 Å². The zero-order valence-corrected chi connectivity index (χ0v) is 45.3. The van der Waals surface area contributed by atoms with Crippen LogP contribution in [0.2, 0.25) is 0 Å². The van der Waals surface area contributed by atoms with Crippen molar-refractivity contribution in [2.45, 2.75) is 131 Å². The monoisotopic (exact) mass is 962 g/mol. The highest BCUT2D eigenvalue weighted by Gasteiger charge is 2.31. The molecular formula is C67H71N5O. The number of pyridine rings is 2. The summed E-state index contributed by atoms with van der Waals surface area (Å²) in [6.45, 7) is 31.6. The number of nitrogens with zero attached hydrogens (tertiary/aromatic N) is 5. The van der Waals surface area contributed by atoms with Crippen LogP contribution in [0.5, 0.6) is 5.75 Å². The zero-order valence-electron chi connectivity index (χ0n) is 45.3. The van der Waals surface area contributed by atoms with E-state index in [2.05, 4.69) is 233 Å². The van der Waals surface area contributed by atoms with Crippen molar-refractivity contribution in [2.75, 3.05) is 0 Å². The minimum absolute atomic E-state index is 0.193. The predicted octanol–water partition coefficient (Wildman–Crippen LogP) is 18.4. The fourth-order valence-electron chi connectivity index (χ4n) is 11.0. The molecule has 0 spiro atoms. The lowest BCUT2D eigenvalue weighted by Gasteiger charge is -2.28. The molecule has 0 radical (unpaired) electrons. The van der Waals surface area contributed by atoms with Crippen LogP contribution in [0.3, 0.4) is 0 Å². The Morgan fingerprint density at radius 1 is 0.466 bits per heavy atom. The van der Waals surface area contributed by atoms with Gasteiger partial charge in [-0.25, -0.2) is 9.97 Å². The van der Waals surface area contributed by atoms with Crippen molar-refractivity contribution in [1.29, 1.82) is 0 Å². The van der Waals surface area contributed by atoms with Crippen molar-refractivity contribution in [1.82, 2.24) is 24.1 Å². The molecule has 0 fully saturated rings. The molecule has 0 saturated heterocycles. The Labute approximate surface area is 432 Å². The second-order valence-corrected chi connectivity index (χ2v) is 23.5. The molecule has 1 N–H and O–H groups in total. The highest BCUT2D eigenvalue weighted by atomic mass is 16.3. The van der Waals surface area contributed by atoms with Gasteiger partial charge in [0.2, 0.25) is 0 Å². The second kappa shape index (κ2) is 18.6. The third-order valence-electron chi connectivity index (χ3n) is 14.9. The SMILES string of the molecule is CC(C)c1cc(-n2c3ccccc3c3ccccc32)cc(C(C)C)c1-c1cc(-c2ccccn2)nc(-c2cccc3c2nc(-c2cc(C(C)(C)C)cc(C(C)(C)C)c2O)n3-c2c(C(C)C)cccc2C(C)C)c1. The van der Waals surface area contributed by atoms with Gasteiger partial charge in [-0.2, -0.15) is 0 Å². The topological polar surface area (TPSA) is 68.8 Å². The van der Waals surface area contributed by atoms with E-state index in [4.69, 9.17) is 15.0 Å². The van der Waals surface area contributed by atoms with E-state index in [9.17, 15) is 5.11 Å². The molecule has 73 heavy (non-hydrogen) atoms. The molecule has 4 heterocycles. The fourth-order valence-corrected chi connectivity index (χ4v) is 11.0. The summed E-state index contributed by atoms with van der Waals surface area (Å²) in [5.74, 6) is 1.79. The van der Waals surface area contributed by atoms with Crippen molar-refractivity contribution in [3.63, 3.8) is 0 Å². The Morgan fingerprint density at radius 2 is 1.01 bits per heavy atom. The van der Waals surface area contributed by atoms with Crippen LogP contribution in [-0.4, -0.2) is 29.2 Å². The average Bonchev–Trinajstić information content (AvgIpc) is 3.91. The van der Waals surface area contributed by atoms with Crippen molar-refractivity contribution >= 4 is 32.8 Å². The molecule has 0 bridgehead atoms. The van der Waals surface area contributed by atoms with Crippen LogP contribution in [0.25, 0.3) is 89.4 Å². The van der Waals surface area contributed by atoms with Crippen molar-refractivity contribution in [2.24, 2.45) is 0 Å². The third kappa shape index (κ3) is 8.73. The van der Waals surface area contributed by atoms with E-state index >= 15 is 0 Å². The number of phenolic OH excluding ortho intramolecular Hbond substituents is 1. The molecule has 4 aromatic heterocycles. The van der Waals surface area contributed by atoms with Gasteiger partial charge in [-0.15, -0.1) is 0 Å². The zero-order chi connectivity index (χ0) is 51.8. The Morgan fingerprint density at radius 3 is 1.56 bits per heavy atom. The molecule has 0 aliphatic carbocycles. The highest BCUT2D eigenvalue weighted by Crippen LogP contribution is 2.47. The average molecular weight is 962 g/mol. The summed E-state index contributed by atoms with van der Waals surface area (Å²) >= 11 is 0. The van der Waals surface area contributed by atoms with Crippen molar-refractivity contribution in [3.8, 4) is 62.3 Å². The molecule has 10 rings (SSSR count). The molecule has 0 atom stereocenters. The van der Waals surface area contributed by atoms with E-state index in [1.54, 1.807) is 0 Å². The Bertz CT molecular complexity index is 3610. The van der Waals surface area contributed by atoms with Gasteiger partial charge in [0.15, 0.2) is 0 Å². The van der Waals surface area contributed by atoms with E-state index in [-0.39, 0.29) is 40.3 Å². The number of fused-ring (bicyclic) bond motifs is 4. The van der Waals surface area contributed by atoms with Crippen LogP contribution < -0.4 is 0 Å². The maximum atomic E-state index is 12.7. The molecule has 0 aliphatic heterocycles. The van der Waals surface area contributed by atoms with E-state index in [1.807, 2.05) is 18.3 Å². The summed E-state index contributed by atoms with van der Waals surface area (Å²) in [6.07, 6.45) is 1.85. The molecule has 6 heteroatoms. The van der Waals surface area contributed by atoms with Gasteiger partial charge < -0.3 is 9.67 Å². The highest BCUT2D eigenvalue weighted by molar-refractivity contribution is 6.09. The van der Waals surface area contributed by atoms with Crippen LogP contribution in [0.1, 0.15) is 154 Å². The maximum absolute atomic E-state index is 12.7. The van der Waals surface area contributed by atoms with Gasteiger partial charge in [-0.3, -0.25) is 9.55 Å². The number of benzene rings is 6. The quantitative estimate of drug-likeness (QED) is 0.148. The van der Waals surface area contributed by atoms with Crippen molar-refractivity contribution < 1.29 is 5.11 Å². The minimum Gasteiger partial charge on any atom is -0.507 e. The summed E-state index contributed by atoms with van der Waals surface area (Å²) in [6, 6.07) is 50.5. The lowest BCUT2D eigenvalue weighted by molar-refractivity contribution is 0.446. The summed E-state index contributed by atoms with van der Waals surface area (Å²) in [4.78, 5) is 16.2. The molecule has 0 saturated carbocycles. The summed E-state index contributed by atoms with van der Waals surface area (Å²) in [7, 11) is 0. The van der Waals surface area contributed by atoms with Crippen LogP contribution in [-0.2, 0) is 10.8 Å². The summed E-state index contributed by atoms with van der Waals surface area (Å²) in [5, 5.41) is 15.2. The van der Waals surface area contributed by atoms with Gasteiger partial charge in [0.1, 0.15) is 11.6 Å². The number of hydrogen-bond donors (Lipinski definition) is 1. The number of imidazole rings is 1. The van der Waals surface area contributed by atoms with E-state index in [1.165, 1.54) is 49.6 Å². The molecule has 0 unspecified atom stereocenters. The fraction of sp³-hybridized carbons (Fsp3) is 0.299. The number of aromatic nitrogens is 5. The van der Waals surface area contributed by atoms with Crippen molar-refractivity contribution in [3.05, 3.63) is 179 Å². The van der Waals surface area contributed by atoms with E-state index in [0.717, 1.165) is 67.3 Å². The largest absolute Gasteiger partial charge is 0.507 e. The van der Waals surface area contributed by atoms with Gasteiger partial charge in [0, 0.05) is 33.8 Å². The summed E-state index contributed by atoms with van der Waals surface area (Å²) in [5.41, 5.74) is 19.3. The lowest BCUT2D eigenvalue weighted by atomic mass is 9.79. The molecule has 0 amide bonds. The Balaban J connectivity index is 1.30. The number of rotatable bonds is 10. The van der Waals surface area contributed by atoms with Gasteiger partial charge in [-0.1, -0.05) is 176 Å². The first-order chi connectivity index (χ1) is 34.7. The molecule has 370 valence electrons. The number of phenols is 1. The Hall–Kier alpha value is -7.31.